The zero-order valence-electron chi connectivity index (χ0n) is 12.4. The maximum absolute atomic E-state index is 10.3. The quantitative estimate of drug-likeness (QED) is 0.827. The summed E-state index contributed by atoms with van der Waals surface area (Å²) in [5.41, 5.74) is 1.67. The topological polar surface area (TPSA) is 44.7 Å². The van der Waals surface area contributed by atoms with Crippen molar-refractivity contribution in [2.45, 2.75) is 25.5 Å². The second-order valence-electron chi connectivity index (χ2n) is 5.99. The van der Waals surface area contributed by atoms with Crippen LogP contribution in [0.15, 0.2) is 16.6 Å². The average Bonchev–Trinajstić information content (AvgIpc) is 2.74. The van der Waals surface area contributed by atoms with Crippen LogP contribution in [-0.2, 0) is 13.0 Å². The van der Waals surface area contributed by atoms with Crippen LogP contribution in [0.3, 0.4) is 0 Å². The Balaban J connectivity index is 1.95. The standard InChI is InChI=1S/C15H23BrN2O2/c1-15(19,10-18(2)3)9-17-8-12-7-13(16)6-11-4-5-20-14(11)12/h6-7,17,19H,4-5,8-10H2,1-3H3/t15-/m0/s1. The summed E-state index contributed by atoms with van der Waals surface area (Å²) in [6.45, 7) is 4.49. The van der Waals surface area contributed by atoms with E-state index < -0.39 is 5.60 Å². The maximum Gasteiger partial charge on any atom is 0.127 e. The van der Waals surface area contributed by atoms with Crippen molar-refractivity contribution >= 4 is 15.9 Å². The second kappa shape index (κ2) is 6.43. The summed E-state index contributed by atoms with van der Waals surface area (Å²) >= 11 is 3.54. The predicted octanol–water partition coefficient (Wildman–Crippen LogP) is 1.79. The molecule has 2 rings (SSSR count). The zero-order valence-corrected chi connectivity index (χ0v) is 14.0. The Kier molecular flexibility index (Phi) is 5.07. The van der Waals surface area contributed by atoms with E-state index in [1.165, 1.54) is 5.56 Å². The van der Waals surface area contributed by atoms with E-state index >= 15 is 0 Å². The molecule has 4 nitrogen and oxygen atoms in total. The molecule has 20 heavy (non-hydrogen) atoms. The number of hydrogen-bond donors (Lipinski definition) is 2. The Morgan fingerprint density at radius 3 is 2.90 bits per heavy atom. The van der Waals surface area contributed by atoms with Gasteiger partial charge >= 0.3 is 0 Å². The third-order valence-corrected chi connectivity index (χ3v) is 3.76. The summed E-state index contributed by atoms with van der Waals surface area (Å²) in [4.78, 5) is 1.99. The van der Waals surface area contributed by atoms with E-state index in [-0.39, 0.29) is 0 Å². The fourth-order valence-corrected chi connectivity index (χ4v) is 3.23. The van der Waals surface area contributed by atoms with Crippen molar-refractivity contribution in [3.8, 4) is 5.75 Å². The van der Waals surface area contributed by atoms with Gasteiger partial charge in [0, 0.05) is 36.1 Å². The highest BCUT2D eigenvalue weighted by Gasteiger charge is 2.22. The molecule has 1 aromatic rings. The Labute approximate surface area is 129 Å². The number of nitrogens with one attached hydrogen (secondary N) is 1. The normalized spacial score (nSPS) is 16.9. The first kappa shape index (κ1) is 15.8. The highest BCUT2D eigenvalue weighted by Crippen LogP contribution is 2.32. The first-order valence-corrected chi connectivity index (χ1v) is 7.69. The molecule has 0 saturated heterocycles. The molecule has 1 heterocycles. The number of aliphatic hydroxyl groups is 1. The monoisotopic (exact) mass is 342 g/mol. The molecular formula is C15H23BrN2O2. The van der Waals surface area contributed by atoms with Crippen LogP contribution in [0.4, 0.5) is 0 Å². The average molecular weight is 343 g/mol. The highest BCUT2D eigenvalue weighted by atomic mass is 79.9. The molecule has 1 aromatic carbocycles. The van der Waals surface area contributed by atoms with E-state index in [0.717, 1.165) is 28.8 Å². The van der Waals surface area contributed by atoms with Crippen molar-refractivity contribution in [2.75, 3.05) is 33.8 Å². The first-order valence-electron chi connectivity index (χ1n) is 6.89. The van der Waals surface area contributed by atoms with E-state index in [4.69, 9.17) is 4.74 Å². The summed E-state index contributed by atoms with van der Waals surface area (Å²) in [5.74, 6) is 1.01. The van der Waals surface area contributed by atoms with Gasteiger partial charge in [0.05, 0.1) is 12.2 Å². The molecule has 1 aliphatic heterocycles. The van der Waals surface area contributed by atoms with E-state index in [1.54, 1.807) is 0 Å². The number of hydrogen-bond acceptors (Lipinski definition) is 4. The molecule has 5 heteroatoms. The first-order chi connectivity index (χ1) is 9.37. The second-order valence-corrected chi connectivity index (χ2v) is 6.91. The minimum atomic E-state index is -0.737. The molecule has 0 amide bonds. The van der Waals surface area contributed by atoms with E-state index in [0.29, 0.717) is 19.6 Å². The molecular weight excluding hydrogens is 320 g/mol. The van der Waals surface area contributed by atoms with Crippen molar-refractivity contribution in [2.24, 2.45) is 0 Å². The Morgan fingerprint density at radius 2 is 2.20 bits per heavy atom. The van der Waals surface area contributed by atoms with Gasteiger partial charge in [0.2, 0.25) is 0 Å². The number of nitrogens with zero attached hydrogens (tertiary/aromatic N) is 1. The van der Waals surface area contributed by atoms with Crippen LogP contribution >= 0.6 is 15.9 Å². The van der Waals surface area contributed by atoms with Crippen LogP contribution in [0, 0.1) is 0 Å². The summed E-state index contributed by atoms with van der Waals surface area (Å²) in [5, 5.41) is 13.6. The van der Waals surface area contributed by atoms with Crippen molar-refractivity contribution in [1.29, 1.82) is 0 Å². The van der Waals surface area contributed by atoms with Gasteiger partial charge in [-0.1, -0.05) is 15.9 Å². The smallest absolute Gasteiger partial charge is 0.127 e. The lowest BCUT2D eigenvalue weighted by Crippen LogP contribution is -2.45. The maximum atomic E-state index is 10.3. The number of benzene rings is 1. The lowest BCUT2D eigenvalue weighted by molar-refractivity contribution is 0.0335. The highest BCUT2D eigenvalue weighted by molar-refractivity contribution is 9.10. The predicted molar refractivity (Wildman–Crippen MR) is 84.2 cm³/mol. The molecule has 112 valence electrons. The van der Waals surface area contributed by atoms with Gasteiger partial charge < -0.3 is 20.1 Å². The molecule has 0 spiro atoms. The minimum absolute atomic E-state index is 0.548. The van der Waals surface area contributed by atoms with Crippen molar-refractivity contribution < 1.29 is 9.84 Å². The molecule has 0 aliphatic carbocycles. The van der Waals surface area contributed by atoms with Gasteiger partial charge in [-0.3, -0.25) is 0 Å². The molecule has 2 N–H and O–H groups in total. The number of likely N-dealkylation sites (N-methyl/N-ethyl adjacent to an activating group) is 1. The molecule has 0 fully saturated rings. The van der Waals surface area contributed by atoms with Crippen LogP contribution in [0.25, 0.3) is 0 Å². The van der Waals surface area contributed by atoms with Crippen LogP contribution < -0.4 is 10.1 Å². The van der Waals surface area contributed by atoms with Crippen LogP contribution in [0.5, 0.6) is 5.75 Å². The third-order valence-electron chi connectivity index (χ3n) is 3.30. The van der Waals surface area contributed by atoms with Gasteiger partial charge in [-0.2, -0.15) is 0 Å². The summed E-state index contributed by atoms with van der Waals surface area (Å²) in [7, 11) is 3.92. The lowest BCUT2D eigenvalue weighted by Gasteiger charge is -2.27. The van der Waals surface area contributed by atoms with Gasteiger partial charge in [0.15, 0.2) is 0 Å². The van der Waals surface area contributed by atoms with Crippen molar-refractivity contribution in [3.63, 3.8) is 0 Å². The van der Waals surface area contributed by atoms with Gasteiger partial charge in [-0.15, -0.1) is 0 Å². The third kappa shape index (κ3) is 4.19. The minimum Gasteiger partial charge on any atom is -0.493 e. The number of halogens is 1. The number of ether oxygens (including phenoxy) is 1. The molecule has 0 radical (unpaired) electrons. The largest absolute Gasteiger partial charge is 0.493 e. The van der Waals surface area contributed by atoms with Crippen LogP contribution in [0.2, 0.25) is 0 Å². The lowest BCUT2D eigenvalue weighted by atomic mass is 10.1. The van der Waals surface area contributed by atoms with Gasteiger partial charge in [0.25, 0.3) is 0 Å². The number of fused-ring (bicyclic) bond motifs is 1. The van der Waals surface area contributed by atoms with Gasteiger partial charge in [-0.05, 0) is 38.7 Å². The SMILES string of the molecule is CN(C)C[C@@](C)(O)CNCc1cc(Br)cc2c1OCC2. The van der Waals surface area contributed by atoms with Gasteiger partial charge in [-0.25, -0.2) is 0 Å². The van der Waals surface area contributed by atoms with E-state index in [9.17, 15) is 5.11 Å². The van der Waals surface area contributed by atoms with Crippen molar-refractivity contribution in [3.05, 3.63) is 27.7 Å². The zero-order chi connectivity index (χ0) is 14.8. The Hall–Kier alpha value is -0.620. The van der Waals surface area contributed by atoms with Crippen LogP contribution in [0.1, 0.15) is 18.1 Å². The molecule has 0 bridgehead atoms. The van der Waals surface area contributed by atoms with Crippen molar-refractivity contribution in [1.82, 2.24) is 10.2 Å². The summed E-state index contributed by atoms with van der Waals surface area (Å²) in [6, 6.07) is 4.20. The molecule has 0 saturated carbocycles. The molecule has 1 atom stereocenters. The fraction of sp³-hybridized carbons (Fsp3) is 0.600. The molecule has 0 unspecified atom stereocenters. The Bertz CT molecular complexity index is 475. The summed E-state index contributed by atoms with van der Waals surface area (Å²) < 4.78 is 6.78. The fourth-order valence-electron chi connectivity index (χ4n) is 2.68. The van der Waals surface area contributed by atoms with E-state index in [2.05, 4.69) is 33.4 Å². The molecule has 1 aliphatic rings. The van der Waals surface area contributed by atoms with Gasteiger partial charge in [0.1, 0.15) is 5.75 Å². The summed E-state index contributed by atoms with van der Waals surface area (Å²) in [6.07, 6.45) is 0.972. The molecule has 0 aromatic heterocycles. The van der Waals surface area contributed by atoms with Crippen LogP contribution in [-0.4, -0.2) is 49.4 Å². The number of rotatable bonds is 6. The Morgan fingerprint density at radius 1 is 1.45 bits per heavy atom. The van der Waals surface area contributed by atoms with E-state index in [1.807, 2.05) is 25.9 Å².